The Morgan fingerprint density at radius 3 is 2.29 bits per heavy atom. The molecule has 166 valence electrons. The third-order valence-corrected chi connectivity index (χ3v) is 5.60. The van der Waals surface area contributed by atoms with Crippen molar-refractivity contribution in [3.05, 3.63) is 59.2 Å². The van der Waals surface area contributed by atoms with Crippen molar-refractivity contribution >= 4 is 5.97 Å². The standard InChI is InChI=1S/C25H32N2O4/c1-19-7-9-20(10-8-19)13-16-27(2)15-6-14-25(18-26,24(28)31-5)21-11-12-22(29-3)23(17-21)30-4/h7-12,17H,6,13-16H2,1-5H3. The molecule has 0 bridgehead atoms. The highest BCUT2D eigenvalue weighted by Crippen LogP contribution is 2.36. The van der Waals surface area contributed by atoms with Crippen LogP contribution in [0.5, 0.6) is 11.5 Å². The summed E-state index contributed by atoms with van der Waals surface area (Å²) in [5.41, 5.74) is 1.69. The van der Waals surface area contributed by atoms with Gasteiger partial charge in [-0.3, -0.25) is 0 Å². The average molecular weight is 425 g/mol. The minimum Gasteiger partial charge on any atom is -0.493 e. The Balaban J connectivity index is 2.08. The molecule has 0 heterocycles. The Morgan fingerprint density at radius 1 is 1.03 bits per heavy atom. The molecule has 31 heavy (non-hydrogen) atoms. The van der Waals surface area contributed by atoms with Gasteiger partial charge in [0.15, 0.2) is 16.9 Å². The van der Waals surface area contributed by atoms with E-state index in [0.29, 0.717) is 29.9 Å². The number of carbonyl (C=O) groups is 1. The van der Waals surface area contributed by atoms with E-state index in [9.17, 15) is 10.1 Å². The Kier molecular flexibility index (Phi) is 8.89. The van der Waals surface area contributed by atoms with Crippen molar-refractivity contribution < 1.29 is 19.0 Å². The Morgan fingerprint density at radius 2 is 1.71 bits per heavy atom. The van der Waals surface area contributed by atoms with E-state index < -0.39 is 11.4 Å². The molecule has 0 saturated carbocycles. The summed E-state index contributed by atoms with van der Waals surface area (Å²) >= 11 is 0. The van der Waals surface area contributed by atoms with Crippen LogP contribution >= 0.6 is 0 Å². The van der Waals surface area contributed by atoms with Crippen molar-refractivity contribution in [1.82, 2.24) is 4.90 Å². The molecule has 0 radical (unpaired) electrons. The van der Waals surface area contributed by atoms with E-state index >= 15 is 0 Å². The lowest BCUT2D eigenvalue weighted by molar-refractivity contribution is -0.145. The Hall–Kier alpha value is -3.04. The third-order valence-electron chi connectivity index (χ3n) is 5.60. The number of aryl methyl sites for hydroxylation is 1. The first-order valence-electron chi connectivity index (χ1n) is 10.4. The van der Waals surface area contributed by atoms with Gasteiger partial charge in [-0.2, -0.15) is 5.26 Å². The van der Waals surface area contributed by atoms with Crippen molar-refractivity contribution in [3.8, 4) is 17.6 Å². The van der Waals surface area contributed by atoms with Crippen LogP contribution in [0.15, 0.2) is 42.5 Å². The molecule has 2 aromatic carbocycles. The topological polar surface area (TPSA) is 71.8 Å². The van der Waals surface area contributed by atoms with Gasteiger partial charge in [-0.1, -0.05) is 35.9 Å². The van der Waals surface area contributed by atoms with Gasteiger partial charge >= 0.3 is 5.97 Å². The highest BCUT2D eigenvalue weighted by atomic mass is 16.5. The molecule has 0 aliphatic rings. The van der Waals surface area contributed by atoms with Gasteiger partial charge in [0.2, 0.25) is 0 Å². The molecule has 1 atom stereocenters. The number of rotatable bonds is 11. The van der Waals surface area contributed by atoms with Gasteiger partial charge in [-0.05, 0) is 63.0 Å². The highest BCUT2D eigenvalue weighted by molar-refractivity contribution is 5.87. The van der Waals surface area contributed by atoms with E-state index in [1.165, 1.54) is 25.3 Å². The number of likely N-dealkylation sites (N-methyl/N-ethyl adjacent to an activating group) is 1. The van der Waals surface area contributed by atoms with Crippen LogP contribution < -0.4 is 9.47 Å². The molecule has 0 aliphatic heterocycles. The van der Waals surface area contributed by atoms with Crippen molar-refractivity contribution in [2.45, 2.75) is 31.6 Å². The third kappa shape index (κ3) is 5.99. The van der Waals surface area contributed by atoms with E-state index in [0.717, 1.165) is 19.5 Å². The molecular weight excluding hydrogens is 392 g/mol. The van der Waals surface area contributed by atoms with Crippen LogP contribution in [-0.2, 0) is 21.4 Å². The maximum absolute atomic E-state index is 12.7. The largest absolute Gasteiger partial charge is 0.493 e. The van der Waals surface area contributed by atoms with Crippen LogP contribution in [0.4, 0.5) is 0 Å². The first kappa shape index (κ1) is 24.2. The summed E-state index contributed by atoms with van der Waals surface area (Å²) in [6, 6.07) is 15.9. The van der Waals surface area contributed by atoms with Gasteiger partial charge in [0.25, 0.3) is 0 Å². The monoisotopic (exact) mass is 424 g/mol. The number of carbonyl (C=O) groups excluding carboxylic acids is 1. The quantitative estimate of drug-likeness (QED) is 0.510. The molecule has 0 N–H and O–H groups in total. The van der Waals surface area contributed by atoms with Crippen molar-refractivity contribution in [3.63, 3.8) is 0 Å². The first-order chi connectivity index (χ1) is 14.9. The number of hydrogen-bond acceptors (Lipinski definition) is 6. The van der Waals surface area contributed by atoms with E-state index in [4.69, 9.17) is 14.2 Å². The normalized spacial score (nSPS) is 12.7. The lowest BCUT2D eigenvalue weighted by atomic mass is 9.77. The zero-order valence-corrected chi connectivity index (χ0v) is 19.1. The van der Waals surface area contributed by atoms with Gasteiger partial charge < -0.3 is 19.1 Å². The average Bonchev–Trinajstić information content (AvgIpc) is 2.80. The minimum absolute atomic E-state index is 0.348. The molecule has 0 amide bonds. The number of nitrogens with zero attached hydrogens (tertiary/aromatic N) is 2. The van der Waals surface area contributed by atoms with Gasteiger partial charge in [-0.25, -0.2) is 4.79 Å². The SMILES string of the molecule is COC(=O)C(C#N)(CCCN(C)CCc1ccc(C)cc1)c1ccc(OC)c(OC)c1. The second kappa shape index (κ2) is 11.4. The maximum atomic E-state index is 12.7. The van der Waals surface area contributed by atoms with Crippen LogP contribution in [0, 0.1) is 18.3 Å². The maximum Gasteiger partial charge on any atom is 0.330 e. The van der Waals surface area contributed by atoms with Crippen molar-refractivity contribution in [2.75, 3.05) is 41.5 Å². The fraction of sp³-hybridized carbons (Fsp3) is 0.440. The predicted octanol–water partition coefficient (Wildman–Crippen LogP) is 3.90. The molecule has 0 fully saturated rings. The number of benzene rings is 2. The van der Waals surface area contributed by atoms with Crippen molar-refractivity contribution in [2.24, 2.45) is 0 Å². The molecule has 6 nitrogen and oxygen atoms in total. The second-order valence-corrected chi connectivity index (χ2v) is 7.72. The number of nitriles is 1. The Bertz CT molecular complexity index is 905. The fourth-order valence-corrected chi connectivity index (χ4v) is 3.61. The molecular formula is C25H32N2O4. The summed E-state index contributed by atoms with van der Waals surface area (Å²) in [7, 11) is 6.43. The molecule has 0 aliphatic carbocycles. The number of hydrogen-bond donors (Lipinski definition) is 0. The summed E-state index contributed by atoms with van der Waals surface area (Å²) in [6.45, 7) is 3.74. The van der Waals surface area contributed by atoms with Gasteiger partial charge in [0.05, 0.1) is 27.4 Å². The second-order valence-electron chi connectivity index (χ2n) is 7.72. The summed E-state index contributed by atoms with van der Waals surface area (Å²) in [6.07, 6.45) is 1.97. The Labute approximate surface area is 185 Å². The van der Waals surface area contributed by atoms with Crippen LogP contribution in [0.25, 0.3) is 0 Å². The summed E-state index contributed by atoms with van der Waals surface area (Å²) in [5.74, 6) is 0.446. The predicted molar refractivity (Wildman–Crippen MR) is 120 cm³/mol. The van der Waals surface area contributed by atoms with Crippen LogP contribution in [0.3, 0.4) is 0 Å². The van der Waals surface area contributed by atoms with Gasteiger partial charge in [0.1, 0.15) is 0 Å². The lowest BCUT2D eigenvalue weighted by Crippen LogP contribution is -2.36. The van der Waals surface area contributed by atoms with E-state index in [1.807, 2.05) is 0 Å². The zero-order valence-electron chi connectivity index (χ0n) is 19.1. The molecule has 0 aromatic heterocycles. The van der Waals surface area contributed by atoms with E-state index in [1.54, 1.807) is 25.3 Å². The number of esters is 1. The zero-order chi connectivity index (χ0) is 22.9. The van der Waals surface area contributed by atoms with Crippen LogP contribution in [0.1, 0.15) is 29.5 Å². The van der Waals surface area contributed by atoms with Gasteiger partial charge in [-0.15, -0.1) is 0 Å². The van der Waals surface area contributed by atoms with Crippen LogP contribution in [-0.4, -0.2) is 52.3 Å². The summed E-state index contributed by atoms with van der Waals surface area (Å²) < 4.78 is 15.7. The molecule has 0 spiro atoms. The molecule has 0 saturated heterocycles. The molecule has 2 aromatic rings. The van der Waals surface area contributed by atoms with E-state index in [2.05, 4.69) is 49.2 Å². The summed E-state index contributed by atoms with van der Waals surface area (Å²) in [4.78, 5) is 14.9. The molecule has 1 unspecified atom stereocenters. The number of methoxy groups -OCH3 is 3. The molecule has 6 heteroatoms. The molecule has 2 rings (SSSR count). The smallest absolute Gasteiger partial charge is 0.330 e. The highest BCUT2D eigenvalue weighted by Gasteiger charge is 2.42. The first-order valence-corrected chi connectivity index (χ1v) is 10.4. The van der Waals surface area contributed by atoms with Crippen molar-refractivity contribution in [1.29, 1.82) is 5.26 Å². The van der Waals surface area contributed by atoms with Gasteiger partial charge in [0, 0.05) is 6.54 Å². The number of ether oxygens (including phenoxy) is 3. The summed E-state index contributed by atoms with van der Waals surface area (Å²) in [5, 5.41) is 10.0. The van der Waals surface area contributed by atoms with E-state index in [-0.39, 0.29) is 0 Å². The lowest BCUT2D eigenvalue weighted by Gasteiger charge is -2.26. The fourth-order valence-electron chi connectivity index (χ4n) is 3.61. The minimum atomic E-state index is -1.40. The van der Waals surface area contributed by atoms with Crippen LogP contribution in [0.2, 0.25) is 0 Å².